The van der Waals surface area contributed by atoms with Gasteiger partial charge in [-0.25, -0.2) is 0 Å². The van der Waals surface area contributed by atoms with Crippen LogP contribution in [0.3, 0.4) is 0 Å². The van der Waals surface area contributed by atoms with Gasteiger partial charge in [-0.3, -0.25) is 4.90 Å². The molecule has 0 N–H and O–H groups in total. The van der Waals surface area contributed by atoms with Crippen LogP contribution in [0, 0.1) is 11.3 Å². The number of benzene rings is 1. The zero-order valence-corrected chi connectivity index (χ0v) is 12.1. The highest BCUT2D eigenvalue weighted by Gasteiger charge is 2.22. The van der Waals surface area contributed by atoms with Gasteiger partial charge in [-0.05, 0) is 37.4 Å². The third-order valence-corrected chi connectivity index (χ3v) is 4.28. The van der Waals surface area contributed by atoms with E-state index in [2.05, 4.69) is 17.0 Å². The Morgan fingerprint density at radius 2 is 2.00 bits per heavy atom. The van der Waals surface area contributed by atoms with Crippen LogP contribution in [0.5, 0.6) is 0 Å². The van der Waals surface area contributed by atoms with Crippen molar-refractivity contribution in [3.63, 3.8) is 0 Å². The van der Waals surface area contributed by atoms with E-state index in [-0.39, 0.29) is 0 Å². The minimum absolute atomic E-state index is 0.645. The highest BCUT2D eigenvalue weighted by Crippen LogP contribution is 2.26. The second-order valence-electron chi connectivity index (χ2n) is 5.26. The molecule has 1 aliphatic rings. The summed E-state index contributed by atoms with van der Waals surface area (Å²) in [6, 6.07) is 11.0. The molecule has 1 aliphatic carbocycles. The molecule has 1 saturated carbocycles. The van der Waals surface area contributed by atoms with Crippen LogP contribution in [0.2, 0.25) is 5.02 Å². The second-order valence-corrected chi connectivity index (χ2v) is 5.67. The van der Waals surface area contributed by atoms with Gasteiger partial charge >= 0.3 is 0 Å². The molecule has 3 heteroatoms. The molecule has 0 saturated heterocycles. The highest BCUT2D eigenvalue weighted by molar-refractivity contribution is 6.31. The first-order valence-electron chi connectivity index (χ1n) is 7.15. The first-order chi connectivity index (χ1) is 9.31. The molecule has 19 heavy (non-hydrogen) atoms. The van der Waals surface area contributed by atoms with E-state index in [4.69, 9.17) is 16.9 Å². The van der Waals surface area contributed by atoms with Crippen LogP contribution in [-0.4, -0.2) is 17.5 Å². The molecule has 0 atom stereocenters. The molecule has 102 valence electrons. The number of halogens is 1. The lowest BCUT2D eigenvalue weighted by molar-refractivity contribution is 0.188. The maximum absolute atomic E-state index is 8.69. The van der Waals surface area contributed by atoms with E-state index < -0.39 is 0 Å². The van der Waals surface area contributed by atoms with Crippen LogP contribution < -0.4 is 0 Å². The van der Waals surface area contributed by atoms with Crippen molar-refractivity contribution in [3.05, 3.63) is 34.9 Å². The number of nitrogens with zero attached hydrogens (tertiary/aromatic N) is 2. The summed E-state index contributed by atoms with van der Waals surface area (Å²) in [6.07, 6.45) is 6.85. The van der Waals surface area contributed by atoms with Crippen molar-refractivity contribution >= 4 is 11.6 Å². The summed E-state index contributed by atoms with van der Waals surface area (Å²) in [5.41, 5.74) is 1.20. The molecule has 0 bridgehead atoms. The van der Waals surface area contributed by atoms with Crippen molar-refractivity contribution in [2.75, 3.05) is 6.54 Å². The van der Waals surface area contributed by atoms with E-state index in [1.54, 1.807) is 0 Å². The predicted octanol–water partition coefficient (Wildman–Crippen LogP) is 4.39. The molecule has 1 aromatic carbocycles. The predicted molar refractivity (Wildman–Crippen MR) is 79.0 cm³/mol. The minimum Gasteiger partial charge on any atom is -0.296 e. The van der Waals surface area contributed by atoms with Gasteiger partial charge in [0.05, 0.1) is 6.07 Å². The lowest BCUT2D eigenvalue weighted by Crippen LogP contribution is -2.33. The van der Waals surface area contributed by atoms with Crippen LogP contribution in [-0.2, 0) is 6.54 Å². The maximum Gasteiger partial charge on any atom is 0.0622 e. The average molecular weight is 277 g/mol. The number of unbranched alkanes of at least 4 members (excludes halogenated alkanes) is 1. The van der Waals surface area contributed by atoms with Gasteiger partial charge in [0.1, 0.15) is 0 Å². The van der Waals surface area contributed by atoms with E-state index in [0.717, 1.165) is 24.5 Å². The minimum atomic E-state index is 0.645. The van der Waals surface area contributed by atoms with Crippen LogP contribution >= 0.6 is 11.6 Å². The Bertz CT molecular complexity index is 433. The summed E-state index contributed by atoms with van der Waals surface area (Å²) in [5.74, 6) is 0. The Morgan fingerprint density at radius 3 is 2.68 bits per heavy atom. The molecule has 0 spiro atoms. The molecular formula is C16H21ClN2. The van der Waals surface area contributed by atoms with Gasteiger partial charge in [-0.1, -0.05) is 42.6 Å². The van der Waals surface area contributed by atoms with Gasteiger partial charge in [0.2, 0.25) is 0 Å². The molecular weight excluding hydrogens is 256 g/mol. The Labute approximate surface area is 121 Å². The van der Waals surface area contributed by atoms with E-state index in [9.17, 15) is 0 Å². The topological polar surface area (TPSA) is 27.0 Å². The lowest BCUT2D eigenvalue weighted by Gasteiger charge is -2.29. The van der Waals surface area contributed by atoms with Crippen molar-refractivity contribution in [2.24, 2.45) is 0 Å². The van der Waals surface area contributed by atoms with Crippen molar-refractivity contribution in [2.45, 2.75) is 51.1 Å². The quantitative estimate of drug-likeness (QED) is 0.721. The van der Waals surface area contributed by atoms with E-state index in [1.807, 2.05) is 18.2 Å². The van der Waals surface area contributed by atoms with Crippen LogP contribution in [0.4, 0.5) is 0 Å². The maximum atomic E-state index is 8.69. The van der Waals surface area contributed by atoms with E-state index >= 15 is 0 Å². The molecule has 0 amide bonds. The summed E-state index contributed by atoms with van der Waals surface area (Å²) in [5, 5.41) is 9.54. The monoisotopic (exact) mass is 276 g/mol. The molecule has 1 fully saturated rings. The fourth-order valence-electron chi connectivity index (χ4n) is 2.87. The number of hydrogen-bond acceptors (Lipinski definition) is 2. The van der Waals surface area contributed by atoms with Gasteiger partial charge in [0.25, 0.3) is 0 Å². The second kappa shape index (κ2) is 7.53. The van der Waals surface area contributed by atoms with Crippen molar-refractivity contribution in [1.29, 1.82) is 5.26 Å². The SMILES string of the molecule is N#CCCCN(Cc1ccccc1Cl)C1CCCC1. The largest absolute Gasteiger partial charge is 0.296 e. The zero-order valence-electron chi connectivity index (χ0n) is 11.3. The molecule has 1 aromatic rings. The molecule has 0 aromatic heterocycles. The Kier molecular flexibility index (Phi) is 5.69. The van der Waals surface area contributed by atoms with Crippen molar-refractivity contribution in [1.82, 2.24) is 4.90 Å². The number of nitriles is 1. The normalized spacial score (nSPS) is 15.8. The van der Waals surface area contributed by atoms with Gasteiger partial charge in [-0.15, -0.1) is 0 Å². The third kappa shape index (κ3) is 4.23. The molecule has 0 aliphatic heterocycles. The smallest absolute Gasteiger partial charge is 0.0622 e. The van der Waals surface area contributed by atoms with Gasteiger partial charge < -0.3 is 0 Å². The van der Waals surface area contributed by atoms with Crippen molar-refractivity contribution in [3.8, 4) is 6.07 Å². The van der Waals surface area contributed by atoms with Crippen molar-refractivity contribution < 1.29 is 0 Å². The molecule has 2 nitrogen and oxygen atoms in total. The summed E-state index contributed by atoms with van der Waals surface area (Å²) in [4.78, 5) is 2.52. The Balaban J connectivity index is 2.00. The summed E-state index contributed by atoms with van der Waals surface area (Å²) < 4.78 is 0. The van der Waals surface area contributed by atoms with Gasteiger partial charge in [0.15, 0.2) is 0 Å². The molecule has 0 unspecified atom stereocenters. The fraction of sp³-hybridized carbons (Fsp3) is 0.562. The first-order valence-corrected chi connectivity index (χ1v) is 7.53. The van der Waals surface area contributed by atoms with Gasteiger partial charge in [-0.2, -0.15) is 5.26 Å². The van der Waals surface area contributed by atoms with Gasteiger partial charge in [0, 0.05) is 24.0 Å². The molecule has 2 rings (SSSR count). The summed E-state index contributed by atoms with van der Waals surface area (Å²) in [6.45, 7) is 1.92. The standard InChI is InChI=1S/C16H21ClN2/c17-16-10-4-1-7-14(16)13-19(12-6-5-11-18)15-8-2-3-9-15/h1,4,7,10,15H,2-3,5-6,8-9,12-13H2. The zero-order chi connectivity index (χ0) is 13.5. The fourth-order valence-corrected chi connectivity index (χ4v) is 3.06. The van der Waals surface area contributed by atoms with E-state index in [0.29, 0.717) is 12.5 Å². The first kappa shape index (κ1) is 14.4. The summed E-state index contributed by atoms with van der Waals surface area (Å²) in [7, 11) is 0. The van der Waals surface area contributed by atoms with Crippen LogP contribution in [0.1, 0.15) is 44.1 Å². The number of rotatable bonds is 6. The highest BCUT2D eigenvalue weighted by atomic mass is 35.5. The average Bonchev–Trinajstić information content (AvgIpc) is 2.94. The molecule has 0 radical (unpaired) electrons. The van der Waals surface area contributed by atoms with E-state index in [1.165, 1.54) is 31.2 Å². The third-order valence-electron chi connectivity index (χ3n) is 3.91. The van der Waals surface area contributed by atoms with Crippen LogP contribution in [0.15, 0.2) is 24.3 Å². The lowest BCUT2D eigenvalue weighted by atomic mass is 10.1. The van der Waals surface area contributed by atoms with Crippen LogP contribution in [0.25, 0.3) is 0 Å². The molecule has 0 heterocycles. The number of hydrogen-bond donors (Lipinski definition) is 0. The summed E-state index contributed by atoms with van der Waals surface area (Å²) >= 11 is 6.26. The Hall–Kier alpha value is -1.04. The Morgan fingerprint density at radius 1 is 1.26 bits per heavy atom.